The molecule has 0 radical (unpaired) electrons. The molecule has 0 saturated carbocycles. The summed E-state index contributed by atoms with van der Waals surface area (Å²) in [5.41, 5.74) is 14.7. The highest BCUT2D eigenvalue weighted by molar-refractivity contribution is 5.91. The Kier molecular flexibility index (Phi) is 7.20. The lowest BCUT2D eigenvalue weighted by molar-refractivity contribution is -0.131. The normalized spacial score (nSPS) is 13.8. The van der Waals surface area contributed by atoms with Gasteiger partial charge in [0.2, 0.25) is 11.9 Å². The number of carbonyl (C=O) groups is 1. The molecule has 34 heavy (non-hydrogen) atoms. The lowest BCUT2D eigenvalue weighted by atomic mass is 10.1. The van der Waals surface area contributed by atoms with E-state index in [2.05, 4.69) is 9.88 Å². The lowest BCUT2D eigenvalue weighted by Crippen LogP contribution is -2.49. The number of piperazine rings is 1. The molecular formula is C25H32N6O3. The Hall–Kier alpha value is -3.75. The van der Waals surface area contributed by atoms with Gasteiger partial charge in [-0.3, -0.25) is 4.79 Å². The topological polar surface area (TPSA) is 120 Å². The van der Waals surface area contributed by atoms with Crippen LogP contribution in [-0.4, -0.2) is 61.2 Å². The Labute approximate surface area is 199 Å². The van der Waals surface area contributed by atoms with Crippen molar-refractivity contribution in [1.29, 1.82) is 0 Å². The second kappa shape index (κ2) is 10.5. The van der Waals surface area contributed by atoms with Crippen molar-refractivity contribution in [2.24, 2.45) is 0 Å². The summed E-state index contributed by atoms with van der Waals surface area (Å²) in [5, 5.41) is 0.717. The van der Waals surface area contributed by atoms with Gasteiger partial charge in [-0.15, -0.1) is 0 Å². The first-order valence-electron chi connectivity index (χ1n) is 11.5. The number of ether oxygens (including phenoxy) is 2. The molecule has 1 aliphatic rings. The van der Waals surface area contributed by atoms with Crippen molar-refractivity contribution >= 4 is 34.3 Å². The van der Waals surface area contributed by atoms with Gasteiger partial charge in [-0.2, -0.15) is 4.98 Å². The molecule has 2 aromatic carbocycles. The Morgan fingerprint density at radius 1 is 0.941 bits per heavy atom. The fourth-order valence-corrected chi connectivity index (χ4v) is 4.21. The first-order chi connectivity index (χ1) is 16.5. The number of fused-ring (bicyclic) bond motifs is 1. The van der Waals surface area contributed by atoms with E-state index in [1.807, 2.05) is 29.2 Å². The van der Waals surface area contributed by atoms with Crippen LogP contribution in [0.2, 0.25) is 0 Å². The van der Waals surface area contributed by atoms with Crippen molar-refractivity contribution in [2.75, 3.05) is 56.8 Å². The molecule has 1 fully saturated rings. The number of methoxy groups -OCH3 is 2. The minimum absolute atomic E-state index is 0.202. The zero-order chi connectivity index (χ0) is 24.1. The second-order valence-corrected chi connectivity index (χ2v) is 8.45. The molecule has 0 bridgehead atoms. The number of hydrogen-bond acceptors (Lipinski definition) is 8. The summed E-state index contributed by atoms with van der Waals surface area (Å²) >= 11 is 0. The average molecular weight is 465 g/mol. The Morgan fingerprint density at radius 2 is 1.62 bits per heavy atom. The van der Waals surface area contributed by atoms with Gasteiger partial charge in [-0.05, 0) is 43.0 Å². The highest BCUT2D eigenvalue weighted by Crippen LogP contribution is 2.34. The van der Waals surface area contributed by atoms with Crippen LogP contribution >= 0.6 is 0 Å². The van der Waals surface area contributed by atoms with E-state index >= 15 is 0 Å². The van der Waals surface area contributed by atoms with E-state index in [1.165, 1.54) is 5.56 Å². The van der Waals surface area contributed by atoms with Gasteiger partial charge < -0.3 is 30.7 Å². The lowest BCUT2D eigenvalue weighted by Gasteiger charge is -2.35. The number of benzene rings is 2. The van der Waals surface area contributed by atoms with Crippen molar-refractivity contribution < 1.29 is 14.3 Å². The van der Waals surface area contributed by atoms with Crippen molar-refractivity contribution in [3.05, 3.63) is 42.0 Å². The molecule has 0 spiro atoms. The predicted molar refractivity (Wildman–Crippen MR) is 134 cm³/mol. The van der Waals surface area contributed by atoms with Crippen molar-refractivity contribution in [3.63, 3.8) is 0 Å². The molecule has 9 heteroatoms. The molecule has 0 aliphatic carbocycles. The standard InChI is InChI=1S/C25H32N6O3/c1-33-21-15-19-20(16-22(21)34-2)28-25(29-24(19)27)31-13-11-30(12-14-31)23(32)6-4-3-5-17-7-9-18(26)10-8-17/h7-10,15-16H,3-6,11-14,26H2,1-2H3,(H2,27,28,29). The van der Waals surface area contributed by atoms with Crippen LogP contribution < -0.4 is 25.8 Å². The quantitative estimate of drug-likeness (QED) is 0.386. The van der Waals surface area contributed by atoms with Gasteiger partial charge in [0.1, 0.15) is 5.82 Å². The number of unbranched alkanes of at least 4 members (excludes halogenated alkanes) is 1. The smallest absolute Gasteiger partial charge is 0.228 e. The SMILES string of the molecule is COc1cc2nc(N3CCN(C(=O)CCCCc4ccc(N)cc4)CC3)nc(N)c2cc1OC. The summed E-state index contributed by atoms with van der Waals surface area (Å²) in [5.74, 6) is 2.32. The van der Waals surface area contributed by atoms with E-state index in [-0.39, 0.29) is 5.91 Å². The van der Waals surface area contributed by atoms with Crippen molar-refractivity contribution in [2.45, 2.75) is 25.7 Å². The summed E-state index contributed by atoms with van der Waals surface area (Å²) in [4.78, 5) is 25.9. The van der Waals surface area contributed by atoms with Gasteiger partial charge in [0.25, 0.3) is 0 Å². The maximum atomic E-state index is 12.7. The van der Waals surface area contributed by atoms with Crippen molar-refractivity contribution in [1.82, 2.24) is 14.9 Å². The highest BCUT2D eigenvalue weighted by atomic mass is 16.5. The first-order valence-corrected chi connectivity index (χ1v) is 11.5. The molecule has 4 N–H and O–H groups in total. The van der Waals surface area contributed by atoms with E-state index in [0.717, 1.165) is 24.9 Å². The molecule has 1 amide bonds. The molecule has 180 valence electrons. The minimum atomic E-state index is 0.202. The summed E-state index contributed by atoms with van der Waals surface area (Å²) in [6.07, 6.45) is 3.38. The molecule has 4 rings (SSSR count). The van der Waals surface area contributed by atoms with E-state index in [1.54, 1.807) is 26.4 Å². The maximum Gasteiger partial charge on any atom is 0.228 e. The number of carbonyl (C=O) groups excluding carboxylic acids is 1. The van der Waals surface area contributed by atoms with E-state index < -0.39 is 0 Å². The van der Waals surface area contributed by atoms with Crippen LogP contribution in [0.1, 0.15) is 24.8 Å². The summed E-state index contributed by atoms with van der Waals surface area (Å²) in [6.45, 7) is 2.61. The Balaban J connectivity index is 1.31. The van der Waals surface area contributed by atoms with Crippen LogP contribution in [0.5, 0.6) is 11.5 Å². The van der Waals surface area contributed by atoms with Gasteiger partial charge in [-0.1, -0.05) is 12.1 Å². The first kappa shape index (κ1) is 23.4. The van der Waals surface area contributed by atoms with E-state index in [0.29, 0.717) is 66.8 Å². The Morgan fingerprint density at radius 3 is 2.29 bits per heavy atom. The Bertz CT molecular complexity index is 1140. The largest absolute Gasteiger partial charge is 0.493 e. The number of amides is 1. The molecular weight excluding hydrogens is 432 g/mol. The number of nitrogen functional groups attached to an aromatic ring is 2. The average Bonchev–Trinajstić information content (AvgIpc) is 2.86. The van der Waals surface area contributed by atoms with Crippen molar-refractivity contribution in [3.8, 4) is 11.5 Å². The number of rotatable bonds is 8. The van der Waals surface area contributed by atoms with Crippen LogP contribution in [-0.2, 0) is 11.2 Å². The third-order valence-corrected chi connectivity index (χ3v) is 6.22. The van der Waals surface area contributed by atoms with Crippen LogP contribution in [0.3, 0.4) is 0 Å². The number of nitrogens with zero attached hydrogens (tertiary/aromatic N) is 4. The molecule has 0 atom stereocenters. The number of hydrogen-bond donors (Lipinski definition) is 2. The van der Waals surface area contributed by atoms with Crippen LogP contribution in [0.4, 0.5) is 17.5 Å². The number of anilines is 3. The fourth-order valence-electron chi connectivity index (χ4n) is 4.21. The second-order valence-electron chi connectivity index (χ2n) is 8.45. The monoisotopic (exact) mass is 464 g/mol. The summed E-state index contributed by atoms with van der Waals surface area (Å²) < 4.78 is 10.7. The zero-order valence-electron chi connectivity index (χ0n) is 19.8. The molecule has 1 aromatic heterocycles. The van der Waals surface area contributed by atoms with E-state index in [9.17, 15) is 4.79 Å². The molecule has 2 heterocycles. The number of nitrogens with two attached hydrogens (primary N) is 2. The van der Waals surface area contributed by atoms with Crippen LogP contribution in [0.15, 0.2) is 36.4 Å². The van der Waals surface area contributed by atoms with Gasteiger partial charge in [-0.25, -0.2) is 4.98 Å². The third kappa shape index (κ3) is 5.24. The molecule has 1 saturated heterocycles. The summed E-state index contributed by atoms with van der Waals surface area (Å²) in [6, 6.07) is 11.5. The summed E-state index contributed by atoms with van der Waals surface area (Å²) in [7, 11) is 3.17. The van der Waals surface area contributed by atoms with Gasteiger partial charge in [0.05, 0.1) is 19.7 Å². The zero-order valence-corrected chi connectivity index (χ0v) is 19.8. The van der Waals surface area contributed by atoms with E-state index in [4.69, 9.17) is 25.9 Å². The molecule has 0 unspecified atom stereocenters. The predicted octanol–water partition coefficient (Wildman–Crippen LogP) is 2.87. The maximum absolute atomic E-state index is 12.7. The van der Waals surface area contributed by atoms with Gasteiger partial charge >= 0.3 is 0 Å². The van der Waals surface area contributed by atoms with Gasteiger partial charge in [0, 0.05) is 49.7 Å². The highest BCUT2D eigenvalue weighted by Gasteiger charge is 2.23. The number of aryl methyl sites for hydroxylation is 1. The molecule has 9 nitrogen and oxygen atoms in total. The van der Waals surface area contributed by atoms with Crippen LogP contribution in [0, 0.1) is 0 Å². The van der Waals surface area contributed by atoms with Crippen LogP contribution in [0.25, 0.3) is 10.9 Å². The van der Waals surface area contributed by atoms with Gasteiger partial charge in [0.15, 0.2) is 11.5 Å². The molecule has 1 aliphatic heterocycles. The number of aromatic nitrogens is 2. The molecule has 3 aromatic rings. The third-order valence-electron chi connectivity index (χ3n) is 6.22. The fraction of sp³-hybridized carbons (Fsp3) is 0.400. The minimum Gasteiger partial charge on any atom is -0.493 e.